The molecule has 12 heavy (non-hydrogen) atoms. The molecule has 0 aliphatic carbocycles. The van der Waals surface area contributed by atoms with Crippen molar-refractivity contribution in [3.63, 3.8) is 0 Å². The number of nitrogens with zero attached hydrogens (tertiary/aromatic N) is 1. The Morgan fingerprint density at radius 1 is 1.42 bits per heavy atom. The zero-order valence-corrected chi connectivity index (χ0v) is 8.33. The normalized spacial score (nSPS) is 19.8. The van der Waals surface area contributed by atoms with Crippen LogP contribution in [-0.2, 0) is 4.79 Å². The molecule has 0 saturated carbocycles. The predicted octanol–water partition coefficient (Wildman–Crippen LogP) is -0.0833. The molecular formula is C8H18NO3+. The molecule has 0 heterocycles. The standard InChI is InChI=1S/C8H17NO3/c1-6(10)8(2,7(11)12)9(3,4)5/h6,10H,1-5H3/p+1. The Morgan fingerprint density at radius 3 is 1.75 bits per heavy atom. The van der Waals surface area contributed by atoms with Gasteiger partial charge >= 0.3 is 5.97 Å². The van der Waals surface area contributed by atoms with Crippen LogP contribution in [-0.4, -0.2) is 53.5 Å². The largest absolute Gasteiger partial charge is 0.477 e. The third-order valence-electron chi connectivity index (χ3n) is 2.64. The summed E-state index contributed by atoms with van der Waals surface area (Å²) in [7, 11) is 5.25. The monoisotopic (exact) mass is 176 g/mol. The topological polar surface area (TPSA) is 57.5 Å². The lowest BCUT2D eigenvalue weighted by Gasteiger charge is -2.42. The molecule has 0 aliphatic heterocycles. The maximum absolute atomic E-state index is 10.9. The molecule has 0 aliphatic rings. The first-order chi connectivity index (χ1) is 5.14. The average molecular weight is 176 g/mol. The van der Waals surface area contributed by atoms with Crippen molar-refractivity contribution < 1.29 is 19.5 Å². The molecule has 0 spiro atoms. The first kappa shape index (κ1) is 11.4. The quantitative estimate of drug-likeness (QED) is 0.591. The van der Waals surface area contributed by atoms with E-state index in [1.807, 2.05) is 0 Å². The summed E-state index contributed by atoms with van der Waals surface area (Å²) in [6.07, 6.45) is -0.880. The fourth-order valence-electron chi connectivity index (χ4n) is 1.03. The van der Waals surface area contributed by atoms with Crippen molar-refractivity contribution in [1.29, 1.82) is 0 Å². The van der Waals surface area contributed by atoms with Gasteiger partial charge in [0.15, 0.2) is 0 Å². The summed E-state index contributed by atoms with van der Waals surface area (Å²) in [6, 6.07) is 0. The molecule has 0 bridgehead atoms. The molecule has 2 N–H and O–H groups in total. The third-order valence-corrected chi connectivity index (χ3v) is 2.64. The number of aliphatic carboxylic acids is 1. The Hall–Kier alpha value is -0.610. The van der Waals surface area contributed by atoms with Gasteiger partial charge in [-0.05, 0) is 6.92 Å². The Kier molecular flexibility index (Phi) is 2.88. The van der Waals surface area contributed by atoms with Gasteiger partial charge < -0.3 is 14.7 Å². The van der Waals surface area contributed by atoms with Gasteiger partial charge in [-0.15, -0.1) is 0 Å². The number of quaternary nitrogens is 1. The Balaban J connectivity index is 5.02. The fraction of sp³-hybridized carbons (Fsp3) is 0.875. The van der Waals surface area contributed by atoms with Crippen LogP contribution < -0.4 is 0 Å². The molecule has 4 nitrogen and oxygen atoms in total. The SMILES string of the molecule is CC(O)C(C)(C(=O)O)[N+](C)(C)C. The number of rotatable bonds is 3. The van der Waals surface area contributed by atoms with Crippen LogP contribution in [0.25, 0.3) is 0 Å². The molecule has 0 saturated heterocycles. The second-order valence-electron chi connectivity index (χ2n) is 4.14. The van der Waals surface area contributed by atoms with Crippen molar-refractivity contribution in [3.8, 4) is 0 Å². The van der Waals surface area contributed by atoms with E-state index >= 15 is 0 Å². The average Bonchev–Trinajstić information content (AvgIpc) is 1.82. The summed E-state index contributed by atoms with van der Waals surface area (Å²) in [5, 5.41) is 18.3. The Bertz CT molecular complexity index is 183. The van der Waals surface area contributed by atoms with E-state index in [0.29, 0.717) is 0 Å². The van der Waals surface area contributed by atoms with Crippen molar-refractivity contribution in [2.24, 2.45) is 0 Å². The van der Waals surface area contributed by atoms with E-state index < -0.39 is 17.6 Å². The van der Waals surface area contributed by atoms with Gasteiger partial charge in [0, 0.05) is 6.92 Å². The fourth-order valence-corrected chi connectivity index (χ4v) is 1.03. The van der Waals surface area contributed by atoms with Crippen LogP contribution >= 0.6 is 0 Å². The van der Waals surface area contributed by atoms with E-state index in [4.69, 9.17) is 5.11 Å². The molecule has 72 valence electrons. The number of likely N-dealkylation sites (N-methyl/N-ethyl adjacent to an activating group) is 1. The van der Waals surface area contributed by atoms with Crippen molar-refractivity contribution in [1.82, 2.24) is 0 Å². The minimum absolute atomic E-state index is 0.194. The van der Waals surface area contributed by atoms with E-state index in [1.165, 1.54) is 6.92 Å². The van der Waals surface area contributed by atoms with E-state index in [0.717, 1.165) is 0 Å². The van der Waals surface area contributed by atoms with E-state index in [2.05, 4.69) is 0 Å². The lowest BCUT2D eigenvalue weighted by Crippen LogP contribution is -2.65. The van der Waals surface area contributed by atoms with Crippen LogP contribution in [0.2, 0.25) is 0 Å². The molecule has 0 radical (unpaired) electrons. The zero-order chi connectivity index (χ0) is 10.2. The van der Waals surface area contributed by atoms with Crippen molar-refractivity contribution >= 4 is 5.97 Å². The number of carboxylic acids is 1. The van der Waals surface area contributed by atoms with Gasteiger partial charge in [0.05, 0.1) is 21.1 Å². The molecule has 0 aromatic heterocycles. The molecule has 0 amide bonds. The molecule has 0 rings (SSSR count). The van der Waals surface area contributed by atoms with E-state index in [1.54, 1.807) is 28.1 Å². The molecule has 0 aromatic carbocycles. The lowest BCUT2D eigenvalue weighted by atomic mass is 9.92. The zero-order valence-electron chi connectivity index (χ0n) is 8.33. The lowest BCUT2D eigenvalue weighted by molar-refractivity contribution is -0.915. The Morgan fingerprint density at radius 2 is 1.75 bits per heavy atom. The highest BCUT2D eigenvalue weighted by molar-refractivity contribution is 5.77. The van der Waals surface area contributed by atoms with Gasteiger partial charge in [-0.25, -0.2) is 4.79 Å². The molecule has 4 heteroatoms. The number of aliphatic hydroxyl groups excluding tert-OH is 1. The van der Waals surface area contributed by atoms with Crippen LogP contribution in [0.3, 0.4) is 0 Å². The number of hydrogen-bond acceptors (Lipinski definition) is 2. The summed E-state index contributed by atoms with van der Waals surface area (Å²) in [4.78, 5) is 10.9. The van der Waals surface area contributed by atoms with E-state index in [9.17, 15) is 9.90 Å². The maximum Gasteiger partial charge on any atom is 0.368 e. The molecule has 2 atom stereocenters. The second kappa shape index (κ2) is 3.03. The first-order valence-electron chi connectivity index (χ1n) is 3.87. The predicted molar refractivity (Wildman–Crippen MR) is 45.8 cm³/mol. The molecule has 0 aromatic rings. The van der Waals surface area contributed by atoms with Crippen LogP contribution in [0.15, 0.2) is 0 Å². The number of carboxylic acid groups (broad SMARTS) is 1. The van der Waals surface area contributed by atoms with Crippen LogP contribution in [0.4, 0.5) is 0 Å². The summed E-state index contributed by atoms with van der Waals surface area (Å²) in [5.74, 6) is -0.981. The van der Waals surface area contributed by atoms with Gasteiger partial charge in [0.2, 0.25) is 5.54 Å². The number of carbonyl (C=O) groups is 1. The van der Waals surface area contributed by atoms with Crippen LogP contribution in [0, 0.1) is 0 Å². The molecule has 0 fully saturated rings. The highest BCUT2D eigenvalue weighted by atomic mass is 16.4. The van der Waals surface area contributed by atoms with Gasteiger partial charge in [-0.3, -0.25) is 0 Å². The summed E-state index contributed by atoms with van der Waals surface area (Å²) in [5.41, 5.74) is -1.15. The smallest absolute Gasteiger partial charge is 0.368 e. The summed E-state index contributed by atoms with van der Waals surface area (Å²) in [6.45, 7) is 3.04. The van der Waals surface area contributed by atoms with Crippen molar-refractivity contribution in [3.05, 3.63) is 0 Å². The van der Waals surface area contributed by atoms with Crippen LogP contribution in [0.5, 0.6) is 0 Å². The van der Waals surface area contributed by atoms with Gasteiger partial charge in [0.1, 0.15) is 6.10 Å². The molecular weight excluding hydrogens is 158 g/mol. The van der Waals surface area contributed by atoms with Gasteiger partial charge in [0.25, 0.3) is 0 Å². The maximum atomic E-state index is 10.9. The first-order valence-corrected chi connectivity index (χ1v) is 3.87. The van der Waals surface area contributed by atoms with E-state index in [-0.39, 0.29) is 4.48 Å². The van der Waals surface area contributed by atoms with Gasteiger partial charge in [-0.1, -0.05) is 0 Å². The van der Waals surface area contributed by atoms with Crippen LogP contribution in [0.1, 0.15) is 13.8 Å². The number of hydrogen-bond donors (Lipinski definition) is 2. The minimum Gasteiger partial charge on any atom is -0.477 e. The highest BCUT2D eigenvalue weighted by Crippen LogP contribution is 2.22. The summed E-state index contributed by atoms with van der Waals surface area (Å²) < 4.78 is 0.194. The number of aliphatic hydroxyl groups is 1. The second-order valence-corrected chi connectivity index (χ2v) is 4.14. The summed E-state index contributed by atoms with van der Waals surface area (Å²) >= 11 is 0. The minimum atomic E-state index is -1.15. The third kappa shape index (κ3) is 1.59. The Labute approximate surface area is 73.0 Å². The highest BCUT2D eigenvalue weighted by Gasteiger charge is 2.50. The van der Waals surface area contributed by atoms with Crippen molar-refractivity contribution in [2.75, 3.05) is 21.1 Å². The van der Waals surface area contributed by atoms with Gasteiger partial charge in [-0.2, -0.15) is 0 Å². The van der Waals surface area contributed by atoms with Crippen molar-refractivity contribution in [2.45, 2.75) is 25.5 Å². The molecule has 2 unspecified atom stereocenters.